The van der Waals surface area contributed by atoms with Gasteiger partial charge >= 0.3 is 17.6 Å². The number of nitrogens with one attached hydrogen (secondary N) is 1. The summed E-state index contributed by atoms with van der Waals surface area (Å²) in [6.45, 7) is 7.72. The Bertz CT molecular complexity index is 1550. The molecule has 6 rings (SSSR count). The Morgan fingerprint density at radius 3 is 2.33 bits per heavy atom. The summed E-state index contributed by atoms with van der Waals surface area (Å²) in [5.74, 6) is -2.51. The number of para-hydroxylation sites is 1. The Labute approximate surface area is 236 Å². The highest BCUT2D eigenvalue weighted by Gasteiger charge is 2.38. The van der Waals surface area contributed by atoms with E-state index in [2.05, 4.69) is 46.8 Å². The third-order valence-electron chi connectivity index (χ3n) is 7.47. The van der Waals surface area contributed by atoms with Crippen molar-refractivity contribution in [2.24, 2.45) is 0 Å². The number of piperidine rings is 2. The van der Waals surface area contributed by atoms with Gasteiger partial charge in [-0.2, -0.15) is 0 Å². The molecule has 3 aliphatic rings. The summed E-state index contributed by atoms with van der Waals surface area (Å²) in [5.41, 5.74) is 3.76. The van der Waals surface area contributed by atoms with Crippen LogP contribution in [0.5, 0.6) is 0 Å². The number of aromatic amines is 1. The predicted molar refractivity (Wildman–Crippen MR) is 155 cm³/mol. The molecule has 3 saturated heterocycles. The number of aromatic nitrogens is 2. The zero-order valence-corrected chi connectivity index (χ0v) is 23.2. The minimum absolute atomic E-state index is 0.271. The second-order valence-corrected chi connectivity index (χ2v) is 10.6. The van der Waals surface area contributed by atoms with Gasteiger partial charge in [-0.1, -0.05) is 35.4 Å². The summed E-state index contributed by atoms with van der Waals surface area (Å²) in [7, 11) is 0. The van der Waals surface area contributed by atoms with Crippen LogP contribution in [-0.2, 0) is 16.1 Å². The Hall–Kier alpha value is -3.89. The molecule has 11 heteroatoms. The molecule has 3 N–H and O–H groups in total. The SMILES string of the molecule is Cc1ccc(N2CC3CCC2CN3CCCn2c(=O)[nH]c3c(Cl)cccc3c2=O)c(C)c1.O=C(O)/C=C\C(=O)O. The minimum atomic E-state index is -1.26. The van der Waals surface area contributed by atoms with Crippen LogP contribution in [0.25, 0.3) is 10.9 Å². The molecule has 10 nitrogen and oxygen atoms in total. The lowest BCUT2D eigenvalue weighted by molar-refractivity contribution is -0.134. The topological polar surface area (TPSA) is 136 Å². The van der Waals surface area contributed by atoms with Crippen molar-refractivity contribution >= 4 is 40.1 Å². The van der Waals surface area contributed by atoms with E-state index in [0.29, 0.717) is 46.7 Å². The van der Waals surface area contributed by atoms with Crippen molar-refractivity contribution in [2.45, 2.75) is 51.7 Å². The Morgan fingerprint density at radius 1 is 1.00 bits per heavy atom. The molecule has 212 valence electrons. The van der Waals surface area contributed by atoms with Crippen molar-refractivity contribution in [3.8, 4) is 0 Å². The number of hydrogen-bond donors (Lipinski definition) is 3. The van der Waals surface area contributed by atoms with Gasteiger partial charge in [-0.05, 0) is 56.9 Å². The fraction of sp³-hybridized carbons (Fsp3) is 0.379. The molecule has 0 aliphatic carbocycles. The van der Waals surface area contributed by atoms with Crippen LogP contribution < -0.4 is 16.1 Å². The van der Waals surface area contributed by atoms with Crippen molar-refractivity contribution in [1.82, 2.24) is 14.5 Å². The number of carbonyl (C=O) groups is 2. The number of nitrogens with zero attached hydrogens (tertiary/aromatic N) is 3. The van der Waals surface area contributed by atoms with Crippen LogP contribution in [-0.4, -0.2) is 68.3 Å². The fourth-order valence-corrected chi connectivity index (χ4v) is 5.85. The molecule has 0 spiro atoms. The van der Waals surface area contributed by atoms with Crippen LogP contribution in [0.1, 0.15) is 30.4 Å². The van der Waals surface area contributed by atoms with E-state index in [9.17, 15) is 19.2 Å². The number of halogens is 1. The number of anilines is 1. The third-order valence-corrected chi connectivity index (χ3v) is 7.78. The number of carboxylic acid groups (broad SMARTS) is 2. The lowest BCUT2D eigenvalue weighted by Gasteiger charge is -2.53. The molecule has 1 aromatic heterocycles. The van der Waals surface area contributed by atoms with E-state index >= 15 is 0 Å². The van der Waals surface area contributed by atoms with Gasteiger partial charge in [0.05, 0.1) is 15.9 Å². The van der Waals surface area contributed by atoms with Gasteiger partial charge in [0.25, 0.3) is 5.56 Å². The van der Waals surface area contributed by atoms with Crippen molar-refractivity contribution in [3.63, 3.8) is 0 Å². The van der Waals surface area contributed by atoms with Crippen LogP contribution >= 0.6 is 11.6 Å². The molecule has 4 heterocycles. The van der Waals surface area contributed by atoms with Gasteiger partial charge in [-0.15, -0.1) is 0 Å². The van der Waals surface area contributed by atoms with E-state index < -0.39 is 17.6 Å². The summed E-state index contributed by atoms with van der Waals surface area (Å²) in [6, 6.07) is 12.9. The molecule has 3 aromatic rings. The van der Waals surface area contributed by atoms with Crippen LogP contribution in [0.4, 0.5) is 5.69 Å². The van der Waals surface area contributed by atoms with Gasteiger partial charge in [0.1, 0.15) is 0 Å². The molecule has 0 radical (unpaired) electrons. The van der Waals surface area contributed by atoms with Gasteiger partial charge in [0.15, 0.2) is 0 Å². The van der Waals surface area contributed by atoms with Gasteiger partial charge in [0.2, 0.25) is 0 Å². The standard InChI is InChI=1S/C25H29ClN4O2.C4H4O4/c1-16-7-10-22(17(2)13-16)30-15-18-8-9-19(30)14-28(18)11-4-12-29-24(31)20-5-3-6-21(26)23(20)27-25(29)32;5-3(6)1-2-4(7)8/h3,5-7,10,13,18-19H,4,8-9,11-12,14-15H2,1-2H3,(H,27,32);1-2H,(H,5,6)(H,7,8)/b;2-1-. The number of carboxylic acids is 2. The summed E-state index contributed by atoms with van der Waals surface area (Å²) in [5, 5.41) is 16.5. The molecule has 2 bridgehead atoms. The smallest absolute Gasteiger partial charge is 0.328 e. The van der Waals surface area contributed by atoms with E-state index in [-0.39, 0.29) is 5.56 Å². The summed E-state index contributed by atoms with van der Waals surface area (Å²) in [4.78, 5) is 52.3. The average molecular weight is 569 g/mol. The van der Waals surface area contributed by atoms with Crippen molar-refractivity contribution in [1.29, 1.82) is 0 Å². The van der Waals surface area contributed by atoms with Crippen molar-refractivity contribution < 1.29 is 19.8 Å². The lowest BCUT2D eigenvalue weighted by atomic mass is 9.89. The minimum Gasteiger partial charge on any atom is -0.478 e. The molecule has 0 amide bonds. The second kappa shape index (κ2) is 12.5. The number of piperazine rings is 1. The van der Waals surface area contributed by atoms with E-state index in [0.717, 1.165) is 26.1 Å². The third kappa shape index (κ3) is 6.63. The maximum Gasteiger partial charge on any atom is 0.328 e. The summed E-state index contributed by atoms with van der Waals surface area (Å²) >= 11 is 6.14. The monoisotopic (exact) mass is 568 g/mol. The first-order chi connectivity index (χ1) is 19.0. The first-order valence-electron chi connectivity index (χ1n) is 13.2. The number of H-pyrrole nitrogens is 1. The van der Waals surface area contributed by atoms with E-state index in [1.54, 1.807) is 18.2 Å². The largest absolute Gasteiger partial charge is 0.478 e. The Morgan fingerprint density at radius 2 is 1.70 bits per heavy atom. The first kappa shape index (κ1) is 29.1. The van der Waals surface area contributed by atoms with Gasteiger partial charge < -0.3 is 20.1 Å². The normalized spacial score (nSPS) is 18.6. The zero-order valence-electron chi connectivity index (χ0n) is 22.5. The lowest BCUT2D eigenvalue weighted by Crippen LogP contribution is -2.63. The molecule has 3 aliphatic heterocycles. The van der Waals surface area contributed by atoms with E-state index in [1.807, 2.05) is 0 Å². The Balaban J connectivity index is 0.000000406. The second-order valence-electron chi connectivity index (χ2n) is 10.2. The van der Waals surface area contributed by atoms with Crippen molar-refractivity contribution in [2.75, 3.05) is 24.5 Å². The van der Waals surface area contributed by atoms with Crippen LogP contribution in [0, 0.1) is 13.8 Å². The van der Waals surface area contributed by atoms with E-state index in [1.165, 1.54) is 34.2 Å². The quantitative estimate of drug-likeness (QED) is 0.369. The molecule has 2 unspecified atom stereocenters. The fourth-order valence-electron chi connectivity index (χ4n) is 5.63. The molecule has 0 saturated carbocycles. The maximum atomic E-state index is 12.8. The van der Waals surface area contributed by atoms with Gasteiger partial charge in [-0.25, -0.2) is 14.4 Å². The molecule has 3 fully saturated rings. The number of aliphatic carboxylic acids is 2. The first-order valence-corrected chi connectivity index (χ1v) is 13.6. The van der Waals surface area contributed by atoms with Crippen LogP contribution in [0.15, 0.2) is 58.1 Å². The highest BCUT2D eigenvalue weighted by Crippen LogP contribution is 2.34. The van der Waals surface area contributed by atoms with Gasteiger partial charge in [-0.3, -0.25) is 14.3 Å². The summed E-state index contributed by atoms with van der Waals surface area (Å²) in [6.07, 6.45) is 4.31. The Kier molecular flexibility index (Phi) is 9.11. The number of hydrogen-bond acceptors (Lipinski definition) is 6. The number of aryl methyl sites for hydroxylation is 2. The predicted octanol–water partition coefficient (Wildman–Crippen LogP) is 3.42. The van der Waals surface area contributed by atoms with Crippen LogP contribution in [0.3, 0.4) is 0 Å². The van der Waals surface area contributed by atoms with E-state index in [4.69, 9.17) is 21.8 Å². The number of rotatable bonds is 7. The summed E-state index contributed by atoms with van der Waals surface area (Å²) < 4.78 is 1.31. The number of benzene rings is 2. The molecule has 2 aromatic carbocycles. The van der Waals surface area contributed by atoms with Crippen LogP contribution in [0.2, 0.25) is 5.02 Å². The highest BCUT2D eigenvalue weighted by atomic mass is 35.5. The molecular formula is C29H33ClN4O6. The zero-order chi connectivity index (χ0) is 29.0. The van der Waals surface area contributed by atoms with Gasteiger partial charge in [0, 0.05) is 56.1 Å². The maximum absolute atomic E-state index is 12.8. The number of fused-ring (bicyclic) bond motifs is 4. The molecule has 2 atom stereocenters. The highest BCUT2D eigenvalue weighted by molar-refractivity contribution is 6.34. The average Bonchev–Trinajstić information content (AvgIpc) is 2.91. The van der Waals surface area contributed by atoms with Crippen molar-refractivity contribution in [3.05, 3.63) is 85.5 Å². The molecule has 40 heavy (non-hydrogen) atoms. The molecular weight excluding hydrogens is 536 g/mol.